The first-order valence-electron chi connectivity index (χ1n) is 34.9. The van der Waals surface area contributed by atoms with Gasteiger partial charge in [0.15, 0.2) is 0 Å². The number of para-hydroxylation sites is 2. The predicted octanol–water partition coefficient (Wildman–Crippen LogP) is 9.44. The van der Waals surface area contributed by atoms with E-state index in [2.05, 4.69) is 94.9 Å². The molecule has 97 heavy (non-hydrogen) atoms. The van der Waals surface area contributed by atoms with Crippen molar-refractivity contribution >= 4 is 67.3 Å². The van der Waals surface area contributed by atoms with Crippen LogP contribution in [0, 0.1) is 56.7 Å². The Bertz CT molecular complexity index is 3580. The summed E-state index contributed by atoms with van der Waals surface area (Å²) in [6, 6.07) is 19.5. The highest BCUT2D eigenvalue weighted by Crippen LogP contribution is 2.66. The van der Waals surface area contributed by atoms with Gasteiger partial charge in [-0.1, -0.05) is 91.8 Å². The number of benzene rings is 2. The standard InChI is InChI=1S/C39H53BN4O6.C29H39BN4O6.C4H11BO2/c1-36(2)14-16-44(24-36)37(3,4)20-26(21-41)34(45)43-15-10-11-28(22-43)48-35(46)42-33(17-25-23-47-30-13-9-8-12-29(25)30)40-49-32-19-27-18-31(38(27,5)6)39(32,7)50-40;1-28(2)11-13-34(19-28)29(3,4)15-21(16-31)26(35)33-12-7-8-22(17-33)40-27(36)32-25(30(37)38)14-20-18-39-24-10-6-5-9-23(20)24;1-4(2)3-5(6)7/h8-9,12-13,20,23,27-28,31-33H,10-11,14-19,22,24H2,1-7H3,(H,42,46);5-6,9-10,15,18,22,25,37-38H,7-8,11-14,17,19H2,1-4H3,(H,32,36);4,6-7H,3H2,1-2H3/t27-,28-,31-,32+,33-,39-;22-,25-;/m00./s1. The Morgan fingerprint density at radius 2 is 1.18 bits per heavy atom. The second-order valence-electron chi connectivity index (χ2n) is 31.9. The van der Waals surface area contributed by atoms with Gasteiger partial charge in [-0.25, -0.2) is 9.59 Å². The number of rotatable bonds is 18. The van der Waals surface area contributed by atoms with Crippen molar-refractivity contribution in [2.75, 3.05) is 52.4 Å². The maximum absolute atomic E-state index is 13.7. The van der Waals surface area contributed by atoms with E-state index in [1.54, 1.807) is 22.1 Å². The van der Waals surface area contributed by atoms with Crippen LogP contribution in [-0.2, 0) is 41.2 Å². The summed E-state index contributed by atoms with van der Waals surface area (Å²) in [5.74, 6) is -0.884. The van der Waals surface area contributed by atoms with Gasteiger partial charge in [-0.3, -0.25) is 19.4 Å². The molecule has 0 radical (unpaired) electrons. The van der Waals surface area contributed by atoms with E-state index in [4.69, 9.17) is 37.7 Å². The molecule has 0 spiro atoms. The van der Waals surface area contributed by atoms with E-state index in [1.807, 2.05) is 82.3 Å². The molecular formula is C72H103B3N8O14. The lowest BCUT2D eigenvalue weighted by molar-refractivity contribution is -0.199. The molecule has 25 heteroatoms. The molecule has 5 saturated heterocycles. The summed E-state index contributed by atoms with van der Waals surface area (Å²) in [6.45, 7) is 32.8. The topological polar surface area (TPSA) is 297 Å². The van der Waals surface area contributed by atoms with Crippen LogP contribution in [-0.4, -0.2) is 184 Å². The monoisotopic (exact) mass is 1340 g/mol. The third-order valence-electron chi connectivity index (χ3n) is 21.5. The molecule has 4 aromatic rings. The molecule has 4 amide bonds. The summed E-state index contributed by atoms with van der Waals surface area (Å²) >= 11 is 0. The first kappa shape index (κ1) is 74.6. The van der Waals surface area contributed by atoms with Crippen molar-refractivity contribution in [1.29, 1.82) is 10.5 Å². The maximum atomic E-state index is 13.7. The van der Waals surface area contributed by atoms with E-state index >= 15 is 0 Å². The minimum Gasteiger partial charge on any atom is -0.464 e. The number of carbonyl (C=O) groups is 4. The van der Waals surface area contributed by atoms with Gasteiger partial charge in [0.25, 0.3) is 11.8 Å². The average Bonchev–Trinajstić information content (AvgIpc) is 1.66. The summed E-state index contributed by atoms with van der Waals surface area (Å²) in [6.07, 6.45) is 12.0. The maximum Gasteiger partial charge on any atom is 0.482 e. The van der Waals surface area contributed by atoms with Crippen LogP contribution in [0.15, 0.2) is 93.2 Å². The second kappa shape index (κ2) is 30.4. The van der Waals surface area contributed by atoms with Crippen molar-refractivity contribution in [2.45, 2.75) is 207 Å². The number of hydrogen-bond donors (Lipinski definition) is 6. The molecule has 22 nitrogen and oxygen atoms in total. The summed E-state index contributed by atoms with van der Waals surface area (Å²) in [7, 11) is -3.60. The van der Waals surface area contributed by atoms with E-state index < -0.39 is 74.3 Å². The number of ether oxygens (including phenoxy) is 2. The Hall–Kier alpha value is -6.67. The third kappa shape index (κ3) is 18.0. The van der Waals surface area contributed by atoms with Crippen LogP contribution >= 0.6 is 0 Å². The van der Waals surface area contributed by atoms with Crippen molar-refractivity contribution in [1.82, 2.24) is 30.2 Å². The zero-order chi connectivity index (χ0) is 70.6. The van der Waals surface area contributed by atoms with E-state index in [-0.39, 0.29) is 64.8 Å². The SMILES string of the molecule is CC(C)CB(O)O.CC1(C)CCN(C(C)(C)C=C(C#N)C(=O)N2CCC[C@H](OC(=O)N[C@@H](Cc3coc4ccccc34)B(O)O)C2)C1.CC1(C)CCN(C(C)(C)C=C(C#N)C(=O)N2CCC[C@H](OC(=O)N[C@@H](Cc3coc4ccccc34)B3O[C@@H]4C[C@@H]5C[C@@H](C5(C)C)[C@]4(C)O3)C2)C1. The first-order valence-corrected chi connectivity index (χ1v) is 34.9. The number of fused-ring (bicyclic) bond motifs is 2. The lowest BCUT2D eigenvalue weighted by atomic mass is 9.43. The number of amides is 4. The van der Waals surface area contributed by atoms with Gasteiger partial charge in [-0.15, -0.1) is 0 Å². The highest BCUT2D eigenvalue weighted by Gasteiger charge is 2.68. The second-order valence-corrected chi connectivity index (χ2v) is 31.9. The van der Waals surface area contributed by atoms with Crippen molar-refractivity contribution in [3.8, 4) is 12.1 Å². The summed E-state index contributed by atoms with van der Waals surface area (Å²) < 4.78 is 36.4. The van der Waals surface area contributed by atoms with Gasteiger partial charge in [-0.2, -0.15) is 10.5 Å². The Kier molecular flexibility index (Phi) is 23.4. The normalized spacial score (nSPS) is 25.3. The lowest BCUT2D eigenvalue weighted by Crippen LogP contribution is -2.65. The molecule has 12 rings (SSSR count). The van der Waals surface area contributed by atoms with Crippen LogP contribution in [0.4, 0.5) is 9.59 Å². The van der Waals surface area contributed by atoms with Gasteiger partial charge in [0.05, 0.1) is 49.2 Å². The molecule has 6 N–H and O–H groups in total. The van der Waals surface area contributed by atoms with Crippen LogP contribution in [0.5, 0.6) is 0 Å². The smallest absolute Gasteiger partial charge is 0.464 e. The highest BCUT2D eigenvalue weighted by molar-refractivity contribution is 6.48. The van der Waals surface area contributed by atoms with Crippen LogP contribution in [0.2, 0.25) is 6.32 Å². The quantitative estimate of drug-likeness (QED) is 0.0307. The number of carbonyl (C=O) groups excluding carboxylic acids is 4. The zero-order valence-electron chi connectivity index (χ0n) is 59.3. The summed E-state index contributed by atoms with van der Waals surface area (Å²) in [4.78, 5) is 61.2. The fourth-order valence-electron chi connectivity index (χ4n) is 15.6. The van der Waals surface area contributed by atoms with Crippen LogP contribution in [0.25, 0.3) is 21.9 Å². The molecule has 2 aromatic carbocycles. The van der Waals surface area contributed by atoms with E-state index in [0.29, 0.717) is 74.9 Å². The van der Waals surface area contributed by atoms with Crippen molar-refractivity contribution in [2.24, 2.45) is 34.0 Å². The molecule has 2 aromatic heterocycles. The number of piperidine rings is 2. The molecule has 524 valence electrons. The molecule has 3 saturated carbocycles. The molecule has 8 atom stereocenters. The van der Waals surface area contributed by atoms with Gasteiger partial charge < -0.3 is 68.1 Å². The Morgan fingerprint density at radius 3 is 1.60 bits per heavy atom. The average molecular weight is 1340 g/mol. The number of nitriles is 2. The minimum atomic E-state index is -1.82. The molecule has 8 aliphatic rings. The molecule has 7 heterocycles. The predicted molar refractivity (Wildman–Crippen MR) is 371 cm³/mol. The lowest BCUT2D eigenvalue weighted by Gasteiger charge is -2.64. The fourth-order valence-corrected chi connectivity index (χ4v) is 15.6. The van der Waals surface area contributed by atoms with Crippen molar-refractivity contribution < 1.29 is 66.9 Å². The fraction of sp³-hybridized carbons (Fsp3) is 0.639. The van der Waals surface area contributed by atoms with Gasteiger partial charge in [0.1, 0.15) is 46.7 Å². The van der Waals surface area contributed by atoms with E-state index in [1.165, 1.54) is 6.26 Å². The van der Waals surface area contributed by atoms with Gasteiger partial charge >= 0.3 is 33.5 Å². The Balaban J connectivity index is 0.000000211. The van der Waals surface area contributed by atoms with Crippen LogP contribution in [0.1, 0.15) is 153 Å². The van der Waals surface area contributed by atoms with E-state index in [0.717, 1.165) is 79.3 Å². The van der Waals surface area contributed by atoms with Gasteiger partial charge in [-0.05, 0) is 188 Å². The van der Waals surface area contributed by atoms with Crippen LogP contribution < -0.4 is 10.6 Å². The van der Waals surface area contributed by atoms with E-state index in [9.17, 15) is 39.7 Å². The van der Waals surface area contributed by atoms with Crippen molar-refractivity contribution in [3.05, 3.63) is 95.5 Å². The van der Waals surface area contributed by atoms with Crippen molar-refractivity contribution in [3.63, 3.8) is 0 Å². The molecular weight excluding hydrogens is 1230 g/mol. The van der Waals surface area contributed by atoms with Gasteiger partial charge in [0, 0.05) is 48.0 Å². The molecule has 2 bridgehead atoms. The first-order chi connectivity index (χ1) is 45.6. The molecule has 8 fully saturated rings. The number of nitrogens with one attached hydrogen (secondary N) is 2. The molecule has 3 aliphatic carbocycles. The number of furan rings is 2. The zero-order valence-corrected chi connectivity index (χ0v) is 59.3. The van der Waals surface area contributed by atoms with Gasteiger partial charge in [0.2, 0.25) is 0 Å². The number of nitrogens with zero attached hydrogens (tertiary/aromatic N) is 6. The number of likely N-dealkylation sites (tertiary alicyclic amines) is 4. The Labute approximate surface area is 573 Å². The Morgan fingerprint density at radius 1 is 0.701 bits per heavy atom. The molecule has 5 aliphatic heterocycles. The minimum absolute atomic E-state index is 0.0343. The van der Waals surface area contributed by atoms with Crippen LogP contribution in [0.3, 0.4) is 0 Å². The number of alkyl carbamates (subject to hydrolysis) is 2. The molecule has 0 unspecified atom stereocenters. The summed E-state index contributed by atoms with van der Waals surface area (Å²) in [5.41, 5.74) is 2.59. The largest absolute Gasteiger partial charge is 0.482 e. The third-order valence-corrected chi connectivity index (χ3v) is 21.5. The summed E-state index contributed by atoms with van der Waals surface area (Å²) in [5, 5.41) is 63.7. The number of hydrogen-bond acceptors (Lipinski definition) is 18. The highest BCUT2D eigenvalue weighted by atomic mass is 16.7.